The van der Waals surface area contributed by atoms with Gasteiger partial charge in [-0.05, 0) is 53.1 Å². The number of aromatic amines is 1. The van der Waals surface area contributed by atoms with E-state index in [2.05, 4.69) is 39.1 Å². The summed E-state index contributed by atoms with van der Waals surface area (Å²) in [5, 5.41) is 10.8. The second kappa shape index (κ2) is 14.2. The summed E-state index contributed by atoms with van der Waals surface area (Å²) in [4.78, 5) is 2.35. The monoisotopic (exact) mass is 368 g/mol. The Morgan fingerprint density at radius 3 is 2.73 bits per heavy atom. The van der Waals surface area contributed by atoms with Gasteiger partial charge in [0.1, 0.15) is 0 Å². The summed E-state index contributed by atoms with van der Waals surface area (Å²) in [6.45, 7) is 9.64. The van der Waals surface area contributed by atoms with Crippen molar-refractivity contribution in [1.29, 1.82) is 0 Å². The molecule has 1 aliphatic rings. The van der Waals surface area contributed by atoms with Crippen molar-refractivity contribution in [3.8, 4) is 0 Å². The number of rotatable bonds is 10. The molecule has 2 N–H and O–H groups in total. The fourth-order valence-corrected chi connectivity index (χ4v) is 3.46. The zero-order chi connectivity index (χ0) is 19.2. The molecule has 0 spiro atoms. The fourth-order valence-electron chi connectivity index (χ4n) is 3.46. The standard InChI is InChI=1S/C17H32N4O.C3H8O/c1-4-22-13-14-6-5-7-15(10-14)17-16(11-19-20-17)12-21(3)9-8-18-2;1-3-4-2/h11,14-15,18H,4-10,12-13H2,1-3H3,(H,19,20);3H2,1-2H3. The first kappa shape index (κ1) is 23.1. The number of hydrogen-bond acceptors (Lipinski definition) is 5. The minimum Gasteiger partial charge on any atom is -0.385 e. The van der Waals surface area contributed by atoms with Crippen molar-refractivity contribution < 1.29 is 9.47 Å². The van der Waals surface area contributed by atoms with Crippen molar-refractivity contribution in [2.45, 2.75) is 52.0 Å². The van der Waals surface area contributed by atoms with Crippen LogP contribution in [0, 0.1) is 5.92 Å². The zero-order valence-corrected chi connectivity index (χ0v) is 17.5. The number of nitrogens with zero attached hydrogens (tertiary/aromatic N) is 2. The zero-order valence-electron chi connectivity index (χ0n) is 17.5. The van der Waals surface area contributed by atoms with Crippen LogP contribution in [-0.4, -0.2) is 69.2 Å². The van der Waals surface area contributed by atoms with Gasteiger partial charge in [-0.15, -0.1) is 0 Å². The van der Waals surface area contributed by atoms with Crippen molar-refractivity contribution in [2.75, 3.05) is 54.1 Å². The summed E-state index contributed by atoms with van der Waals surface area (Å²) in [6, 6.07) is 0. The Hall–Kier alpha value is -0.950. The average molecular weight is 369 g/mol. The van der Waals surface area contributed by atoms with Crippen molar-refractivity contribution in [3.05, 3.63) is 17.5 Å². The van der Waals surface area contributed by atoms with E-state index >= 15 is 0 Å². The highest BCUT2D eigenvalue weighted by Crippen LogP contribution is 2.36. The molecule has 2 unspecified atom stereocenters. The van der Waals surface area contributed by atoms with Crippen LogP contribution < -0.4 is 5.32 Å². The Bertz CT molecular complexity index is 451. The van der Waals surface area contributed by atoms with Gasteiger partial charge in [0.15, 0.2) is 0 Å². The van der Waals surface area contributed by atoms with Gasteiger partial charge in [-0.1, -0.05) is 6.42 Å². The van der Waals surface area contributed by atoms with Crippen molar-refractivity contribution in [1.82, 2.24) is 20.4 Å². The van der Waals surface area contributed by atoms with E-state index in [0.717, 1.165) is 39.5 Å². The van der Waals surface area contributed by atoms with Crippen LogP contribution in [0.4, 0.5) is 0 Å². The Kier molecular flexibility index (Phi) is 12.6. The fraction of sp³-hybridized carbons (Fsp3) is 0.850. The summed E-state index contributed by atoms with van der Waals surface area (Å²) < 4.78 is 10.2. The summed E-state index contributed by atoms with van der Waals surface area (Å²) in [5.74, 6) is 1.33. The summed E-state index contributed by atoms with van der Waals surface area (Å²) in [7, 11) is 5.85. The minimum absolute atomic E-state index is 0.620. The third kappa shape index (κ3) is 8.62. The van der Waals surface area contributed by atoms with Gasteiger partial charge < -0.3 is 19.7 Å². The van der Waals surface area contributed by atoms with Gasteiger partial charge >= 0.3 is 0 Å². The van der Waals surface area contributed by atoms with Crippen LogP contribution in [0.25, 0.3) is 0 Å². The highest BCUT2D eigenvalue weighted by molar-refractivity contribution is 5.21. The lowest BCUT2D eigenvalue weighted by atomic mass is 9.79. The van der Waals surface area contributed by atoms with E-state index in [1.165, 1.54) is 36.9 Å². The largest absolute Gasteiger partial charge is 0.385 e. The molecule has 6 nitrogen and oxygen atoms in total. The maximum atomic E-state index is 5.64. The number of aromatic nitrogens is 2. The number of methoxy groups -OCH3 is 1. The molecule has 0 aliphatic heterocycles. The first-order chi connectivity index (χ1) is 12.7. The summed E-state index contributed by atoms with van der Waals surface area (Å²) in [6.07, 6.45) is 7.13. The SMILES string of the molecule is CCOC.CCOCC1CCCC(c2[nH]ncc2CN(C)CCNC)C1. The number of hydrogen-bond donors (Lipinski definition) is 2. The number of likely N-dealkylation sites (N-methyl/N-ethyl adjacent to an activating group) is 2. The van der Waals surface area contributed by atoms with Crippen LogP contribution in [0.15, 0.2) is 6.20 Å². The number of H-pyrrole nitrogens is 1. The van der Waals surface area contributed by atoms with Crippen LogP contribution in [0.2, 0.25) is 0 Å². The molecule has 2 rings (SSSR count). The lowest BCUT2D eigenvalue weighted by molar-refractivity contribution is 0.0903. The topological polar surface area (TPSA) is 62.4 Å². The Balaban J connectivity index is 0.000000765. The second-order valence-electron chi connectivity index (χ2n) is 7.12. The molecule has 0 radical (unpaired) electrons. The van der Waals surface area contributed by atoms with E-state index in [1.807, 2.05) is 20.2 Å². The molecule has 152 valence electrons. The highest BCUT2D eigenvalue weighted by atomic mass is 16.5. The van der Waals surface area contributed by atoms with Crippen molar-refractivity contribution in [3.63, 3.8) is 0 Å². The van der Waals surface area contributed by atoms with E-state index in [0.29, 0.717) is 11.8 Å². The maximum absolute atomic E-state index is 5.64. The van der Waals surface area contributed by atoms with Crippen LogP contribution >= 0.6 is 0 Å². The second-order valence-corrected chi connectivity index (χ2v) is 7.12. The molecule has 1 heterocycles. The van der Waals surface area contributed by atoms with Crippen LogP contribution in [0.5, 0.6) is 0 Å². The van der Waals surface area contributed by atoms with Gasteiger partial charge in [0, 0.05) is 63.7 Å². The molecular weight excluding hydrogens is 328 g/mol. The van der Waals surface area contributed by atoms with Gasteiger partial charge in [-0.2, -0.15) is 5.10 Å². The number of ether oxygens (including phenoxy) is 2. The molecule has 0 saturated heterocycles. The molecule has 0 bridgehead atoms. The molecule has 1 fully saturated rings. The van der Waals surface area contributed by atoms with Crippen LogP contribution in [0.3, 0.4) is 0 Å². The molecule has 2 atom stereocenters. The molecular formula is C20H40N4O2. The number of nitrogens with one attached hydrogen (secondary N) is 2. The van der Waals surface area contributed by atoms with Gasteiger partial charge in [0.2, 0.25) is 0 Å². The van der Waals surface area contributed by atoms with E-state index in [-0.39, 0.29) is 0 Å². The quantitative estimate of drug-likeness (QED) is 0.665. The van der Waals surface area contributed by atoms with Gasteiger partial charge in [-0.3, -0.25) is 5.10 Å². The molecule has 1 saturated carbocycles. The Morgan fingerprint density at radius 1 is 1.31 bits per heavy atom. The normalized spacial score (nSPS) is 20.1. The van der Waals surface area contributed by atoms with Gasteiger partial charge in [-0.25, -0.2) is 0 Å². The van der Waals surface area contributed by atoms with E-state index in [1.54, 1.807) is 7.11 Å². The Morgan fingerprint density at radius 2 is 2.08 bits per heavy atom. The van der Waals surface area contributed by atoms with E-state index in [4.69, 9.17) is 4.74 Å². The molecule has 0 amide bonds. The lowest BCUT2D eigenvalue weighted by Gasteiger charge is -2.29. The third-order valence-electron chi connectivity index (χ3n) is 4.97. The lowest BCUT2D eigenvalue weighted by Crippen LogP contribution is -2.27. The molecule has 26 heavy (non-hydrogen) atoms. The van der Waals surface area contributed by atoms with E-state index < -0.39 is 0 Å². The van der Waals surface area contributed by atoms with Gasteiger partial charge in [0.05, 0.1) is 6.20 Å². The predicted octanol–water partition coefficient (Wildman–Crippen LogP) is 3.02. The molecule has 0 aromatic carbocycles. The third-order valence-corrected chi connectivity index (χ3v) is 4.97. The molecule has 6 heteroatoms. The maximum Gasteiger partial charge on any atom is 0.0535 e. The first-order valence-electron chi connectivity index (χ1n) is 10.1. The smallest absolute Gasteiger partial charge is 0.0535 e. The van der Waals surface area contributed by atoms with Crippen molar-refractivity contribution >= 4 is 0 Å². The van der Waals surface area contributed by atoms with Crippen LogP contribution in [0.1, 0.15) is 56.7 Å². The Labute approximate surface area is 160 Å². The molecule has 1 aromatic heterocycles. The molecule has 1 aromatic rings. The average Bonchev–Trinajstić information content (AvgIpc) is 3.13. The van der Waals surface area contributed by atoms with Crippen molar-refractivity contribution in [2.24, 2.45) is 5.92 Å². The molecule has 1 aliphatic carbocycles. The van der Waals surface area contributed by atoms with E-state index in [9.17, 15) is 0 Å². The summed E-state index contributed by atoms with van der Waals surface area (Å²) in [5.41, 5.74) is 2.72. The minimum atomic E-state index is 0.620. The predicted molar refractivity (Wildman–Crippen MR) is 108 cm³/mol. The highest BCUT2D eigenvalue weighted by Gasteiger charge is 2.26. The van der Waals surface area contributed by atoms with Crippen LogP contribution in [-0.2, 0) is 16.0 Å². The first-order valence-corrected chi connectivity index (χ1v) is 10.1. The van der Waals surface area contributed by atoms with Gasteiger partial charge in [0.25, 0.3) is 0 Å². The summed E-state index contributed by atoms with van der Waals surface area (Å²) >= 11 is 0.